The molecule has 1 fully saturated rings. The second-order valence-electron chi connectivity index (χ2n) is 8.03. The van der Waals surface area contributed by atoms with Gasteiger partial charge in [-0.1, -0.05) is 41.4 Å². The highest BCUT2D eigenvalue weighted by Gasteiger charge is 2.33. The van der Waals surface area contributed by atoms with Crippen LogP contribution in [0, 0.1) is 12.8 Å². The molecule has 1 unspecified atom stereocenters. The number of hydrogen-bond acceptors (Lipinski definition) is 3. The molecule has 1 atom stereocenters. The summed E-state index contributed by atoms with van der Waals surface area (Å²) in [5.41, 5.74) is 5.03. The Morgan fingerprint density at radius 1 is 1.17 bits per heavy atom. The fourth-order valence-electron chi connectivity index (χ4n) is 3.70. The smallest absolute Gasteiger partial charge is 0.313 e. The third kappa shape index (κ3) is 5.23. The molecule has 0 N–H and O–H groups in total. The zero-order valence-electron chi connectivity index (χ0n) is 18.2. The Hall–Kier alpha value is -2.33. The van der Waals surface area contributed by atoms with Crippen molar-refractivity contribution < 1.29 is 14.3 Å². The Labute approximate surface area is 184 Å². The van der Waals surface area contributed by atoms with Crippen LogP contribution >= 0.6 is 11.6 Å². The number of halogens is 1. The van der Waals surface area contributed by atoms with Crippen molar-refractivity contribution in [2.45, 2.75) is 53.0 Å². The predicted molar refractivity (Wildman–Crippen MR) is 120 cm³/mol. The van der Waals surface area contributed by atoms with E-state index in [-0.39, 0.29) is 17.8 Å². The molecule has 0 bridgehead atoms. The molecule has 1 aliphatic carbocycles. The van der Waals surface area contributed by atoms with Crippen molar-refractivity contribution in [3.8, 4) is 11.1 Å². The fourth-order valence-corrected chi connectivity index (χ4v) is 3.94. The van der Waals surface area contributed by atoms with Crippen LogP contribution < -0.4 is 0 Å². The summed E-state index contributed by atoms with van der Waals surface area (Å²) in [4.78, 5) is 26.8. The number of benzene rings is 2. The van der Waals surface area contributed by atoms with Crippen LogP contribution in [0.2, 0.25) is 5.02 Å². The lowest BCUT2D eigenvalue weighted by molar-refractivity contribution is -0.144. The minimum Gasteiger partial charge on any atom is -0.466 e. The van der Waals surface area contributed by atoms with Crippen LogP contribution in [0.1, 0.15) is 56.2 Å². The highest BCUT2D eigenvalue weighted by atomic mass is 35.5. The van der Waals surface area contributed by atoms with Crippen molar-refractivity contribution in [1.82, 2.24) is 4.90 Å². The first-order chi connectivity index (χ1) is 14.3. The van der Waals surface area contributed by atoms with Gasteiger partial charge in [-0.15, -0.1) is 0 Å². The van der Waals surface area contributed by atoms with E-state index in [2.05, 4.69) is 25.1 Å². The number of hydrogen-bond donors (Lipinski definition) is 0. The Bertz CT molecular complexity index is 936. The van der Waals surface area contributed by atoms with Crippen LogP contribution in [0.4, 0.5) is 0 Å². The summed E-state index contributed by atoms with van der Waals surface area (Å²) < 4.78 is 5.18. The number of nitrogens with zero attached hydrogens (tertiary/aromatic N) is 1. The van der Waals surface area contributed by atoms with Gasteiger partial charge in [-0.05, 0) is 74.9 Å². The predicted octanol–water partition coefficient (Wildman–Crippen LogP) is 5.74. The molecule has 0 aromatic heterocycles. The van der Waals surface area contributed by atoms with Gasteiger partial charge in [0.2, 0.25) is 5.91 Å². The lowest BCUT2D eigenvalue weighted by Crippen LogP contribution is -2.31. The molecular weight excluding hydrogens is 398 g/mol. The summed E-state index contributed by atoms with van der Waals surface area (Å²) in [7, 11) is 0. The molecule has 0 aliphatic heterocycles. The average molecular weight is 428 g/mol. The summed E-state index contributed by atoms with van der Waals surface area (Å²) in [6.07, 6.45) is 2.00. The fraction of sp³-hybridized carbons (Fsp3) is 0.440. The van der Waals surface area contributed by atoms with Gasteiger partial charge in [-0.25, -0.2) is 0 Å². The summed E-state index contributed by atoms with van der Waals surface area (Å²) in [6.45, 7) is 9.31. The Morgan fingerprint density at radius 2 is 1.90 bits per heavy atom. The van der Waals surface area contributed by atoms with Crippen molar-refractivity contribution in [3.05, 3.63) is 58.1 Å². The summed E-state index contributed by atoms with van der Waals surface area (Å²) in [5, 5.41) is 0.576. The molecule has 1 aliphatic rings. The van der Waals surface area contributed by atoms with Gasteiger partial charge in [-0.3, -0.25) is 9.59 Å². The molecule has 0 saturated heterocycles. The van der Waals surface area contributed by atoms with Crippen molar-refractivity contribution in [1.29, 1.82) is 0 Å². The van der Waals surface area contributed by atoms with Gasteiger partial charge in [0, 0.05) is 24.0 Å². The van der Waals surface area contributed by atoms with Crippen LogP contribution in [0.3, 0.4) is 0 Å². The largest absolute Gasteiger partial charge is 0.466 e. The summed E-state index contributed by atoms with van der Waals surface area (Å²) in [5.74, 6) is -0.226. The van der Waals surface area contributed by atoms with Crippen LogP contribution in [0.25, 0.3) is 11.1 Å². The van der Waals surface area contributed by atoms with E-state index in [9.17, 15) is 9.59 Å². The van der Waals surface area contributed by atoms with E-state index in [4.69, 9.17) is 16.3 Å². The number of esters is 1. The Balaban J connectivity index is 1.97. The summed E-state index contributed by atoms with van der Waals surface area (Å²) >= 11 is 6.43. The van der Waals surface area contributed by atoms with E-state index in [0.717, 1.165) is 40.7 Å². The van der Waals surface area contributed by atoms with Gasteiger partial charge < -0.3 is 9.64 Å². The Morgan fingerprint density at radius 3 is 2.53 bits per heavy atom. The number of aryl methyl sites for hydroxylation is 1. The lowest BCUT2D eigenvalue weighted by Gasteiger charge is -2.23. The minimum atomic E-state index is -0.403. The maximum Gasteiger partial charge on any atom is 0.313 e. The molecule has 3 rings (SSSR count). The molecule has 2 aromatic rings. The van der Waals surface area contributed by atoms with Gasteiger partial charge in [0.1, 0.15) is 0 Å². The molecule has 1 amide bonds. The molecule has 1 saturated carbocycles. The summed E-state index contributed by atoms with van der Waals surface area (Å²) in [6, 6.07) is 12.0. The minimum absolute atomic E-state index is 0.196. The maximum absolute atomic E-state index is 12.7. The topological polar surface area (TPSA) is 46.6 Å². The van der Waals surface area contributed by atoms with E-state index in [0.29, 0.717) is 24.7 Å². The van der Waals surface area contributed by atoms with Crippen LogP contribution in [-0.4, -0.2) is 29.9 Å². The molecule has 0 heterocycles. The zero-order chi connectivity index (χ0) is 21.8. The first-order valence-electron chi connectivity index (χ1n) is 10.7. The SMILES string of the molecule is CCOC(=O)C(C)c1cc(Cl)cc(-c2ccc(C)cc2CN(CC)C(=O)C2CC2)c1. The lowest BCUT2D eigenvalue weighted by atomic mass is 9.93. The molecule has 0 radical (unpaired) electrons. The van der Waals surface area contributed by atoms with E-state index >= 15 is 0 Å². The third-order valence-electron chi connectivity index (χ3n) is 5.61. The first-order valence-corrected chi connectivity index (χ1v) is 11.1. The number of rotatable bonds is 8. The quantitative estimate of drug-likeness (QED) is 0.504. The highest BCUT2D eigenvalue weighted by Crippen LogP contribution is 2.34. The van der Waals surface area contributed by atoms with E-state index < -0.39 is 5.92 Å². The molecule has 0 spiro atoms. The number of amides is 1. The number of ether oxygens (including phenoxy) is 1. The van der Waals surface area contributed by atoms with Gasteiger partial charge in [0.25, 0.3) is 0 Å². The molecule has 5 heteroatoms. The van der Waals surface area contributed by atoms with Gasteiger partial charge in [0.05, 0.1) is 12.5 Å². The average Bonchev–Trinajstić information content (AvgIpc) is 3.56. The van der Waals surface area contributed by atoms with Gasteiger partial charge in [-0.2, -0.15) is 0 Å². The number of carbonyl (C=O) groups excluding carboxylic acids is 2. The second kappa shape index (κ2) is 9.65. The first kappa shape index (κ1) is 22.4. The zero-order valence-corrected chi connectivity index (χ0v) is 19.0. The van der Waals surface area contributed by atoms with Crippen molar-refractivity contribution in [2.24, 2.45) is 5.92 Å². The molecule has 30 heavy (non-hydrogen) atoms. The van der Waals surface area contributed by atoms with Gasteiger partial charge >= 0.3 is 5.97 Å². The third-order valence-corrected chi connectivity index (χ3v) is 5.83. The highest BCUT2D eigenvalue weighted by molar-refractivity contribution is 6.31. The van der Waals surface area contributed by atoms with Crippen LogP contribution in [0.15, 0.2) is 36.4 Å². The second-order valence-corrected chi connectivity index (χ2v) is 8.47. The maximum atomic E-state index is 12.7. The van der Waals surface area contributed by atoms with E-state index in [1.807, 2.05) is 36.9 Å². The standard InChI is InChI=1S/C25H30ClNO3/c1-5-27(24(28)18-8-9-18)15-21-11-16(3)7-10-23(21)20-12-19(13-22(26)14-20)17(4)25(29)30-6-2/h7,10-14,17-18H,5-6,8-9,15H2,1-4H3. The van der Waals surface area contributed by atoms with Gasteiger partial charge in [0.15, 0.2) is 0 Å². The molecule has 160 valence electrons. The van der Waals surface area contributed by atoms with Crippen molar-refractivity contribution in [3.63, 3.8) is 0 Å². The van der Waals surface area contributed by atoms with Crippen molar-refractivity contribution in [2.75, 3.05) is 13.2 Å². The van der Waals surface area contributed by atoms with Crippen molar-refractivity contribution >= 4 is 23.5 Å². The Kier molecular flexibility index (Phi) is 7.19. The molecule has 2 aromatic carbocycles. The normalized spacial score (nSPS) is 14.3. The van der Waals surface area contributed by atoms with Crippen LogP contribution in [0.5, 0.6) is 0 Å². The van der Waals surface area contributed by atoms with Crippen LogP contribution in [-0.2, 0) is 20.9 Å². The van der Waals surface area contributed by atoms with E-state index in [1.165, 1.54) is 0 Å². The molecular formula is C25H30ClNO3. The monoisotopic (exact) mass is 427 g/mol. The molecule has 4 nitrogen and oxygen atoms in total. The van der Waals surface area contributed by atoms with E-state index in [1.54, 1.807) is 6.92 Å². The number of carbonyl (C=O) groups is 2.